The number of hydrogen-bond donors (Lipinski definition) is 0. The Kier molecular flexibility index (Phi) is 6.54. The van der Waals surface area contributed by atoms with Gasteiger partial charge in [0.15, 0.2) is 0 Å². The van der Waals surface area contributed by atoms with E-state index in [0.29, 0.717) is 6.42 Å². The summed E-state index contributed by atoms with van der Waals surface area (Å²) in [4.78, 5) is 0. The number of alkyl halides is 2. The molecular formula is C14H20Br2O2S. The van der Waals surface area contributed by atoms with Crippen molar-refractivity contribution >= 4 is 41.7 Å². The van der Waals surface area contributed by atoms with E-state index in [9.17, 15) is 8.42 Å². The molecule has 0 saturated heterocycles. The molecule has 0 aromatic heterocycles. The molecule has 2 nitrogen and oxygen atoms in total. The predicted octanol–water partition coefficient (Wildman–Crippen LogP) is 3.85. The maximum absolute atomic E-state index is 11.8. The molecule has 0 N–H and O–H groups in total. The second-order valence-electron chi connectivity index (χ2n) is 4.85. The number of hydrogen-bond acceptors (Lipinski definition) is 2. The molecule has 0 radical (unpaired) electrons. The summed E-state index contributed by atoms with van der Waals surface area (Å²) in [5, 5.41) is 1.49. The molecule has 1 rings (SSSR count). The third-order valence-electron chi connectivity index (χ3n) is 3.56. The first kappa shape index (κ1) is 17.2. The van der Waals surface area contributed by atoms with Crippen molar-refractivity contribution < 1.29 is 8.42 Å². The van der Waals surface area contributed by atoms with E-state index in [-0.39, 0.29) is 16.9 Å². The topological polar surface area (TPSA) is 34.1 Å². The van der Waals surface area contributed by atoms with Crippen molar-refractivity contribution in [1.82, 2.24) is 0 Å². The lowest BCUT2D eigenvalue weighted by atomic mass is 9.80. The van der Waals surface area contributed by atoms with Crippen LogP contribution in [-0.2, 0) is 15.3 Å². The summed E-state index contributed by atoms with van der Waals surface area (Å²) in [7, 11) is -2.94. The van der Waals surface area contributed by atoms with Gasteiger partial charge in [0.1, 0.15) is 9.84 Å². The molecule has 0 atom stereocenters. The lowest BCUT2D eigenvalue weighted by Gasteiger charge is -2.32. The van der Waals surface area contributed by atoms with Crippen LogP contribution in [0.4, 0.5) is 0 Å². The molecule has 1 aromatic carbocycles. The average Bonchev–Trinajstić information content (AvgIpc) is 2.42. The summed E-state index contributed by atoms with van der Waals surface area (Å²) in [5.41, 5.74) is 2.25. The third-order valence-corrected chi connectivity index (χ3v) is 7.41. The van der Waals surface area contributed by atoms with E-state index in [4.69, 9.17) is 0 Å². The third kappa shape index (κ3) is 4.30. The normalized spacial score (nSPS) is 12.6. The van der Waals surface area contributed by atoms with Crippen LogP contribution in [0, 0.1) is 6.92 Å². The van der Waals surface area contributed by atoms with Crippen molar-refractivity contribution in [3.63, 3.8) is 0 Å². The number of rotatable bonds is 7. The lowest BCUT2D eigenvalue weighted by Crippen LogP contribution is -2.34. The highest BCUT2D eigenvalue weighted by molar-refractivity contribution is 9.09. The van der Waals surface area contributed by atoms with E-state index in [1.165, 1.54) is 11.1 Å². The van der Waals surface area contributed by atoms with E-state index in [1.807, 2.05) is 12.1 Å². The fourth-order valence-electron chi connectivity index (χ4n) is 2.11. The van der Waals surface area contributed by atoms with E-state index in [0.717, 1.165) is 10.7 Å². The SMILES string of the molecule is CCS(=O)(=O)CCC(CBr)(CBr)c1ccccc1C. The Morgan fingerprint density at radius 2 is 1.74 bits per heavy atom. The highest BCUT2D eigenvalue weighted by Gasteiger charge is 2.32. The van der Waals surface area contributed by atoms with Gasteiger partial charge in [0.25, 0.3) is 0 Å². The fraction of sp³-hybridized carbons (Fsp3) is 0.571. The van der Waals surface area contributed by atoms with Crippen LogP contribution in [-0.4, -0.2) is 30.6 Å². The summed E-state index contributed by atoms with van der Waals surface area (Å²) >= 11 is 7.14. The van der Waals surface area contributed by atoms with Crippen LogP contribution in [0.2, 0.25) is 0 Å². The van der Waals surface area contributed by atoms with Crippen LogP contribution in [0.15, 0.2) is 24.3 Å². The van der Waals surface area contributed by atoms with Gasteiger partial charge in [0, 0.05) is 21.8 Å². The van der Waals surface area contributed by atoms with E-state index < -0.39 is 9.84 Å². The van der Waals surface area contributed by atoms with Crippen molar-refractivity contribution in [2.45, 2.75) is 25.7 Å². The van der Waals surface area contributed by atoms with Crippen molar-refractivity contribution in [1.29, 1.82) is 0 Å². The van der Waals surface area contributed by atoms with Gasteiger partial charge in [-0.3, -0.25) is 0 Å². The molecule has 19 heavy (non-hydrogen) atoms. The molecule has 0 amide bonds. The summed E-state index contributed by atoms with van der Waals surface area (Å²) in [6.45, 7) is 3.77. The Bertz CT molecular complexity index is 508. The minimum Gasteiger partial charge on any atom is -0.229 e. The van der Waals surface area contributed by atoms with Crippen molar-refractivity contribution in [2.75, 3.05) is 22.2 Å². The van der Waals surface area contributed by atoms with Gasteiger partial charge in [-0.2, -0.15) is 0 Å². The van der Waals surface area contributed by atoms with Crippen molar-refractivity contribution in [2.24, 2.45) is 0 Å². The Hall–Kier alpha value is 0.130. The number of sulfone groups is 1. The second-order valence-corrected chi connectivity index (χ2v) is 8.44. The molecular weight excluding hydrogens is 392 g/mol. The van der Waals surface area contributed by atoms with E-state index in [1.54, 1.807) is 6.92 Å². The lowest BCUT2D eigenvalue weighted by molar-refractivity contribution is 0.521. The maximum Gasteiger partial charge on any atom is 0.150 e. The Morgan fingerprint density at radius 3 is 2.21 bits per heavy atom. The van der Waals surface area contributed by atoms with Gasteiger partial charge in [-0.15, -0.1) is 0 Å². The molecule has 108 valence electrons. The Labute approximate surface area is 133 Å². The minimum absolute atomic E-state index is 0.173. The summed E-state index contributed by atoms with van der Waals surface area (Å²) in [6.07, 6.45) is 0.629. The smallest absolute Gasteiger partial charge is 0.150 e. The number of aryl methyl sites for hydroxylation is 1. The number of benzene rings is 1. The first-order valence-corrected chi connectivity index (χ1v) is 10.4. The average molecular weight is 412 g/mol. The highest BCUT2D eigenvalue weighted by atomic mass is 79.9. The molecule has 0 fully saturated rings. The van der Waals surface area contributed by atoms with Crippen LogP contribution in [0.25, 0.3) is 0 Å². The fourth-order valence-corrected chi connectivity index (χ4v) is 5.19. The predicted molar refractivity (Wildman–Crippen MR) is 89.4 cm³/mol. The molecule has 5 heteroatoms. The molecule has 0 aliphatic rings. The zero-order valence-electron chi connectivity index (χ0n) is 11.3. The van der Waals surface area contributed by atoms with Gasteiger partial charge < -0.3 is 0 Å². The standard InChI is InChI=1S/C14H20Br2O2S/c1-3-19(17,18)9-8-14(10-15,11-16)13-7-5-4-6-12(13)2/h4-7H,3,8-11H2,1-2H3. The first-order valence-electron chi connectivity index (χ1n) is 6.29. The van der Waals surface area contributed by atoms with Gasteiger partial charge >= 0.3 is 0 Å². The Morgan fingerprint density at radius 1 is 1.16 bits per heavy atom. The van der Waals surface area contributed by atoms with Gasteiger partial charge in [0.2, 0.25) is 0 Å². The van der Waals surface area contributed by atoms with Crippen LogP contribution >= 0.6 is 31.9 Å². The van der Waals surface area contributed by atoms with Gasteiger partial charge in [-0.1, -0.05) is 63.0 Å². The summed E-state index contributed by atoms with van der Waals surface area (Å²) in [5.74, 6) is 0.441. The van der Waals surface area contributed by atoms with Crippen molar-refractivity contribution in [3.8, 4) is 0 Å². The number of halogens is 2. The Balaban J connectivity index is 3.08. The van der Waals surface area contributed by atoms with Crippen LogP contribution < -0.4 is 0 Å². The van der Waals surface area contributed by atoms with E-state index in [2.05, 4.69) is 50.9 Å². The first-order chi connectivity index (χ1) is 8.90. The molecule has 0 bridgehead atoms. The molecule has 0 unspecified atom stereocenters. The quantitative estimate of drug-likeness (QED) is 0.638. The van der Waals surface area contributed by atoms with Crippen LogP contribution in [0.3, 0.4) is 0 Å². The van der Waals surface area contributed by atoms with Gasteiger partial charge in [-0.25, -0.2) is 8.42 Å². The second kappa shape index (κ2) is 7.23. The zero-order chi connectivity index (χ0) is 14.5. The molecule has 0 aliphatic carbocycles. The highest BCUT2D eigenvalue weighted by Crippen LogP contribution is 2.35. The van der Waals surface area contributed by atoms with Gasteiger partial charge in [0.05, 0.1) is 5.75 Å². The maximum atomic E-state index is 11.8. The van der Waals surface area contributed by atoms with Crippen LogP contribution in [0.1, 0.15) is 24.5 Å². The molecule has 1 aromatic rings. The zero-order valence-corrected chi connectivity index (χ0v) is 15.3. The van der Waals surface area contributed by atoms with Crippen molar-refractivity contribution in [3.05, 3.63) is 35.4 Å². The monoisotopic (exact) mass is 410 g/mol. The van der Waals surface area contributed by atoms with Gasteiger partial charge in [-0.05, 0) is 24.5 Å². The summed E-state index contributed by atoms with van der Waals surface area (Å²) in [6, 6.07) is 8.19. The largest absolute Gasteiger partial charge is 0.229 e. The summed E-state index contributed by atoms with van der Waals surface area (Å²) < 4.78 is 23.5. The molecule has 0 saturated carbocycles. The minimum atomic E-state index is -2.94. The molecule has 0 aliphatic heterocycles. The molecule has 0 heterocycles. The molecule has 0 spiro atoms. The van der Waals surface area contributed by atoms with E-state index >= 15 is 0 Å². The van der Waals surface area contributed by atoms with Crippen LogP contribution in [0.5, 0.6) is 0 Å².